The molecule has 2 aromatic carbocycles. The van der Waals surface area contributed by atoms with Gasteiger partial charge in [0, 0.05) is 23.7 Å². The number of amides is 3. The maximum absolute atomic E-state index is 14.9. The van der Waals surface area contributed by atoms with E-state index in [0.717, 1.165) is 5.56 Å². The first-order valence-electron chi connectivity index (χ1n) is 16.2. The van der Waals surface area contributed by atoms with E-state index in [1.807, 2.05) is 50.3 Å². The molecule has 2 N–H and O–H groups in total. The first kappa shape index (κ1) is 32.9. The Hall–Kier alpha value is -3.99. The van der Waals surface area contributed by atoms with E-state index in [1.54, 1.807) is 47.4 Å². The maximum atomic E-state index is 14.9. The molecule has 4 heterocycles. The lowest BCUT2D eigenvalue weighted by Gasteiger charge is -2.39. The average molecular weight is 662 g/mol. The Morgan fingerprint density at radius 2 is 1.77 bits per heavy atom. The number of ether oxygens (including phenoxy) is 2. The number of nitrogens with zero attached hydrogens (tertiary/aromatic N) is 2. The zero-order valence-corrected chi connectivity index (χ0v) is 27.2. The molecule has 3 amide bonds. The lowest BCUT2D eigenvalue weighted by molar-refractivity contribution is -0.146. The van der Waals surface area contributed by atoms with Gasteiger partial charge >= 0.3 is 5.97 Å². The molecule has 47 heavy (non-hydrogen) atoms. The zero-order chi connectivity index (χ0) is 33.3. The number of benzene rings is 2. The fraction of sp³-hybridized carbons (Fsp3) is 0.444. The number of anilines is 1. The van der Waals surface area contributed by atoms with E-state index in [2.05, 4.69) is 5.32 Å². The summed E-state index contributed by atoms with van der Waals surface area (Å²) in [5.41, 5.74) is -0.138. The predicted octanol–water partition coefficient (Wildman–Crippen LogP) is 3.98. The van der Waals surface area contributed by atoms with Gasteiger partial charge in [0.25, 0.3) is 5.91 Å². The van der Waals surface area contributed by atoms with E-state index in [9.17, 15) is 24.3 Å². The van der Waals surface area contributed by atoms with Crippen LogP contribution in [0.4, 0.5) is 5.69 Å². The number of esters is 1. The summed E-state index contributed by atoms with van der Waals surface area (Å²) in [6.07, 6.45) is 7.32. The van der Waals surface area contributed by atoms with Crippen LogP contribution < -0.4 is 10.2 Å². The maximum Gasteiger partial charge on any atom is 0.306 e. The highest BCUT2D eigenvalue weighted by Crippen LogP contribution is 2.56. The fourth-order valence-electron chi connectivity index (χ4n) is 7.41. The highest BCUT2D eigenvalue weighted by molar-refractivity contribution is 6.30. The van der Waals surface area contributed by atoms with E-state index in [1.165, 1.54) is 4.90 Å². The molecule has 4 aliphatic rings. The predicted molar refractivity (Wildman–Crippen MR) is 175 cm³/mol. The summed E-state index contributed by atoms with van der Waals surface area (Å²) >= 11 is 6.19. The van der Waals surface area contributed by atoms with Crippen molar-refractivity contribution in [2.75, 3.05) is 24.7 Å². The van der Waals surface area contributed by atoms with Gasteiger partial charge in [-0.15, -0.1) is 0 Å². The number of likely N-dealkylation sites (tertiary alicyclic amines) is 1. The number of halogens is 1. The quantitative estimate of drug-likeness (QED) is 0.354. The zero-order valence-electron chi connectivity index (χ0n) is 26.5. The molecule has 10 nitrogen and oxygen atoms in total. The lowest BCUT2D eigenvalue weighted by Crippen LogP contribution is -2.59. The minimum atomic E-state index is -1.43. The van der Waals surface area contributed by atoms with Gasteiger partial charge in [-0.3, -0.25) is 19.2 Å². The van der Waals surface area contributed by atoms with Gasteiger partial charge < -0.3 is 29.7 Å². The van der Waals surface area contributed by atoms with Gasteiger partial charge in [-0.1, -0.05) is 80.1 Å². The van der Waals surface area contributed by atoms with Crippen molar-refractivity contribution in [1.29, 1.82) is 0 Å². The Morgan fingerprint density at radius 1 is 1.02 bits per heavy atom. The summed E-state index contributed by atoms with van der Waals surface area (Å²) in [5, 5.41) is 14.2. The molecule has 7 atom stereocenters. The number of nitrogens with one attached hydrogen (secondary N) is 1. The van der Waals surface area contributed by atoms with Crippen LogP contribution >= 0.6 is 11.6 Å². The molecule has 4 aliphatic heterocycles. The molecule has 0 saturated carbocycles. The molecule has 2 fully saturated rings. The number of aliphatic hydroxyl groups is 1. The molecule has 11 heteroatoms. The molecular formula is C36H40ClN3O7. The first-order valence-corrected chi connectivity index (χ1v) is 16.6. The summed E-state index contributed by atoms with van der Waals surface area (Å²) in [6.45, 7) is 3.67. The Labute approximate surface area is 279 Å². The van der Waals surface area contributed by atoms with E-state index >= 15 is 0 Å². The fourth-order valence-corrected chi connectivity index (χ4v) is 7.54. The number of allylic oxidation sites excluding steroid dienone is 1. The number of fused-ring (bicyclic) bond motifs is 2. The van der Waals surface area contributed by atoms with Crippen LogP contribution in [0.15, 0.2) is 78.9 Å². The van der Waals surface area contributed by atoms with Crippen molar-refractivity contribution in [3.63, 3.8) is 0 Å². The SMILES string of the molecule is CC(C)C[C@H](CO)N1C(=O)[C@H]2[C@@H]3C(=O)N[C@H](c4ccccc4)COC(=O)CC/C=C\CN(c4ccc(Cl)cc4)C(=O)[C@H]1[C@@]21C=C[C@@H]3O1. The van der Waals surface area contributed by atoms with Crippen LogP contribution in [-0.4, -0.2) is 77.2 Å². The summed E-state index contributed by atoms with van der Waals surface area (Å²) in [6, 6.07) is 13.5. The monoisotopic (exact) mass is 661 g/mol. The molecule has 1 spiro atoms. The Morgan fingerprint density at radius 3 is 2.47 bits per heavy atom. The van der Waals surface area contributed by atoms with Gasteiger partial charge in [0.05, 0.1) is 36.6 Å². The Bertz CT molecular complexity index is 1560. The van der Waals surface area contributed by atoms with Crippen molar-refractivity contribution >= 4 is 41.0 Å². The van der Waals surface area contributed by atoms with Crippen LogP contribution in [0, 0.1) is 17.8 Å². The smallest absolute Gasteiger partial charge is 0.306 e. The lowest BCUT2D eigenvalue weighted by atomic mass is 9.74. The van der Waals surface area contributed by atoms with Crippen LogP contribution in [-0.2, 0) is 28.7 Å². The molecule has 6 rings (SSSR count). The Balaban J connectivity index is 1.46. The van der Waals surface area contributed by atoms with Gasteiger partial charge in [-0.25, -0.2) is 0 Å². The third-order valence-corrected chi connectivity index (χ3v) is 9.75. The van der Waals surface area contributed by atoms with Crippen molar-refractivity contribution in [3.8, 4) is 0 Å². The molecule has 2 saturated heterocycles. The van der Waals surface area contributed by atoms with E-state index in [0.29, 0.717) is 23.6 Å². The van der Waals surface area contributed by atoms with E-state index in [4.69, 9.17) is 21.1 Å². The number of carbonyl (C=O) groups excluding carboxylic acids is 4. The van der Waals surface area contributed by atoms with Crippen molar-refractivity contribution < 1.29 is 33.8 Å². The van der Waals surface area contributed by atoms with Crippen LogP contribution in [0.1, 0.15) is 44.7 Å². The van der Waals surface area contributed by atoms with Gasteiger partial charge in [-0.2, -0.15) is 0 Å². The minimum Gasteiger partial charge on any atom is -0.463 e. The van der Waals surface area contributed by atoms with Crippen LogP contribution in [0.25, 0.3) is 0 Å². The molecule has 0 aliphatic carbocycles. The number of carbonyl (C=O) groups is 4. The average Bonchev–Trinajstić information content (AvgIpc) is 3.71. The standard InChI is InChI=1S/C36H40ClN3O7/c1-22(2)19-26(20-41)40-32-35(45)39(25-14-12-24(37)13-15-25)18-8-4-7-11-29(42)46-21-27(23-9-5-3-6-10-23)38-33(43)30-28-16-17-36(32,47-28)31(30)34(40)44/h3-6,8-10,12-17,22,26-28,30-32,41H,7,11,18-21H2,1-2H3,(H,38,43)/b8-4-/t26-,27+,28+,30-,31-,32+,36-/m1/s1. The van der Waals surface area contributed by atoms with Crippen LogP contribution in [0.2, 0.25) is 5.02 Å². The van der Waals surface area contributed by atoms with Crippen LogP contribution in [0.3, 0.4) is 0 Å². The second kappa shape index (κ2) is 13.6. The number of aliphatic hydroxyl groups excluding tert-OH is 1. The molecule has 0 unspecified atom stereocenters. The molecule has 5 bridgehead atoms. The number of cyclic esters (lactones) is 1. The first-order chi connectivity index (χ1) is 22.6. The minimum absolute atomic E-state index is 0.0886. The molecule has 0 radical (unpaired) electrons. The third kappa shape index (κ3) is 6.22. The number of hydrogen-bond donors (Lipinski definition) is 2. The Kier molecular flexibility index (Phi) is 9.55. The third-order valence-electron chi connectivity index (χ3n) is 9.50. The second-order valence-corrected chi connectivity index (χ2v) is 13.4. The highest BCUT2D eigenvalue weighted by atomic mass is 35.5. The van der Waals surface area contributed by atoms with Crippen molar-refractivity contribution in [1.82, 2.24) is 10.2 Å². The van der Waals surface area contributed by atoms with Crippen LogP contribution in [0.5, 0.6) is 0 Å². The topological polar surface area (TPSA) is 125 Å². The number of hydrogen-bond acceptors (Lipinski definition) is 7. The van der Waals surface area contributed by atoms with E-state index < -0.39 is 65.4 Å². The van der Waals surface area contributed by atoms with Gasteiger partial charge in [0.1, 0.15) is 18.2 Å². The van der Waals surface area contributed by atoms with Gasteiger partial charge in [-0.05, 0) is 48.6 Å². The highest BCUT2D eigenvalue weighted by Gasteiger charge is 2.73. The van der Waals surface area contributed by atoms with Crippen molar-refractivity contribution in [2.24, 2.45) is 17.8 Å². The summed E-state index contributed by atoms with van der Waals surface area (Å²) < 4.78 is 12.2. The summed E-state index contributed by atoms with van der Waals surface area (Å²) in [4.78, 5) is 59.5. The molecule has 248 valence electrons. The van der Waals surface area contributed by atoms with Crippen molar-refractivity contribution in [2.45, 2.75) is 62.9 Å². The normalized spacial score (nSPS) is 30.8. The summed E-state index contributed by atoms with van der Waals surface area (Å²) in [5.74, 6) is -3.54. The number of rotatable bonds is 6. The van der Waals surface area contributed by atoms with Crippen molar-refractivity contribution in [3.05, 3.63) is 89.5 Å². The molecule has 2 aromatic rings. The van der Waals surface area contributed by atoms with Gasteiger partial charge in [0.2, 0.25) is 11.8 Å². The van der Waals surface area contributed by atoms with Gasteiger partial charge in [0.15, 0.2) is 0 Å². The molecular weight excluding hydrogens is 622 g/mol. The largest absolute Gasteiger partial charge is 0.463 e. The van der Waals surface area contributed by atoms with E-state index in [-0.39, 0.29) is 32.1 Å². The second-order valence-electron chi connectivity index (χ2n) is 13.0. The molecule has 0 aromatic heterocycles. The summed E-state index contributed by atoms with van der Waals surface area (Å²) in [7, 11) is 0.